The second-order valence-electron chi connectivity index (χ2n) is 2.91. The van der Waals surface area contributed by atoms with Crippen LogP contribution in [-0.2, 0) is 0 Å². The number of carbonyl (C=O) groups excluding carboxylic acids is 1. The Balaban J connectivity index is 2.75. The number of terminal acetylenes is 1. The third-order valence-corrected chi connectivity index (χ3v) is 2.18. The van der Waals surface area contributed by atoms with Crippen molar-refractivity contribution in [2.75, 3.05) is 12.3 Å². The number of nitrogens with one attached hydrogen (secondary N) is 1. The highest BCUT2D eigenvalue weighted by atomic mass is 35.5. The minimum Gasteiger partial charge on any atom is -0.397 e. The largest absolute Gasteiger partial charge is 0.397 e. The highest BCUT2D eigenvalue weighted by Gasteiger charge is 2.10. The first-order valence-electron chi connectivity index (χ1n) is 4.42. The number of anilines is 1. The predicted octanol–water partition coefficient (Wildman–Crippen LogP) is 1.68. The Bertz CT molecular complexity index is 410. The summed E-state index contributed by atoms with van der Waals surface area (Å²) in [4.78, 5) is 11.6. The van der Waals surface area contributed by atoms with Gasteiger partial charge in [-0.25, -0.2) is 0 Å². The Morgan fingerprint density at radius 3 is 3.00 bits per heavy atom. The normalized spacial score (nSPS) is 9.33. The van der Waals surface area contributed by atoms with Crippen LogP contribution in [0.1, 0.15) is 16.8 Å². The van der Waals surface area contributed by atoms with E-state index in [1.165, 1.54) is 0 Å². The second kappa shape index (κ2) is 5.28. The maximum Gasteiger partial charge on any atom is 0.253 e. The topological polar surface area (TPSA) is 55.1 Å². The van der Waals surface area contributed by atoms with E-state index in [4.69, 9.17) is 23.8 Å². The van der Waals surface area contributed by atoms with Crippen molar-refractivity contribution in [3.8, 4) is 12.3 Å². The Labute approximate surface area is 93.6 Å². The fraction of sp³-hybridized carbons (Fsp3) is 0.182. The van der Waals surface area contributed by atoms with E-state index in [0.717, 1.165) is 0 Å². The number of amides is 1. The smallest absolute Gasteiger partial charge is 0.253 e. The van der Waals surface area contributed by atoms with Crippen LogP contribution in [0.15, 0.2) is 18.2 Å². The van der Waals surface area contributed by atoms with Gasteiger partial charge in [-0.1, -0.05) is 17.7 Å². The van der Waals surface area contributed by atoms with Gasteiger partial charge in [0, 0.05) is 13.0 Å². The Morgan fingerprint density at radius 2 is 2.33 bits per heavy atom. The Hall–Kier alpha value is -1.66. The lowest BCUT2D eigenvalue weighted by Gasteiger charge is -2.06. The summed E-state index contributed by atoms with van der Waals surface area (Å²) in [5, 5.41) is 3.02. The lowest BCUT2D eigenvalue weighted by atomic mass is 10.1. The van der Waals surface area contributed by atoms with Crippen molar-refractivity contribution in [3.05, 3.63) is 28.8 Å². The van der Waals surface area contributed by atoms with E-state index in [1.807, 2.05) is 0 Å². The monoisotopic (exact) mass is 222 g/mol. The molecule has 0 unspecified atom stereocenters. The molecule has 4 heteroatoms. The molecular weight excluding hydrogens is 212 g/mol. The van der Waals surface area contributed by atoms with Crippen LogP contribution in [0.2, 0.25) is 5.02 Å². The molecule has 0 saturated carbocycles. The van der Waals surface area contributed by atoms with Crippen LogP contribution in [0.3, 0.4) is 0 Å². The highest BCUT2D eigenvalue weighted by molar-refractivity contribution is 6.33. The maximum atomic E-state index is 11.6. The Morgan fingerprint density at radius 1 is 1.60 bits per heavy atom. The molecule has 0 bridgehead atoms. The lowest BCUT2D eigenvalue weighted by Crippen LogP contribution is -2.25. The molecule has 15 heavy (non-hydrogen) atoms. The average Bonchev–Trinajstić information content (AvgIpc) is 2.22. The van der Waals surface area contributed by atoms with E-state index in [0.29, 0.717) is 23.6 Å². The van der Waals surface area contributed by atoms with E-state index >= 15 is 0 Å². The van der Waals surface area contributed by atoms with Gasteiger partial charge >= 0.3 is 0 Å². The number of halogens is 1. The van der Waals surface area contributed by atoms with Gasteiger partial charge in [0.05, 0.1) is 16.3 Å². The van der Waals surface area contributed by atoms with Crippen LogP contribution in [0, 0.1) is 12.3 Å². The molecule has 0 heterocycles. The maximum absolute atomic E-state index is 11.6. The molecule has 78 valence electrons. The van der Waals surface area contributed by atoms with Crippen molar-refractivity contribution in [1.29, 1.82) is 0 Å². The van der Waals surface area contributed by atoms with Gasteiger partial charge in [-0.3, -0.25) is 4.79 Å². The molecule has 1 aromatic carbocycles. The predicted molar refractivity (Wildman–Crippen MR) is 61.6 cm³/mol. The first-order valence-corrected chi connectivity index (χ1v) is 4.80. The third kappa shape index (κ3) is 2.90. The van der Waals surface area contributed by atoms with E-state index in [9.17, 15) is 4.79 Å². The number of hydrogen-bond acceptors (Lipinski definition) is 2. The summed E-state index contributed by atoms with van der Waals surface area (Å²) in [7, 11) is 0. The quantitative estimate of drug-likeness (QED) is 0.465. The van der Waals surface area contributed by atoms with E-state index in [1.54, 1.807) is 18.2 Å². The molecule has 0 aromatic heterocycles. The van der Waals surface area contributed by atoms with Crippen LogP contribution in [0.5, 0.6) is 0 Å². The van der Waals surface area contributed by atoms with Gasteiger partial charge < -0.3 is 11.1 Å². The zero-order valence-corrected chi connectivity index (χ0v) is 8.84. The summed E-state index contributed by atoms with van der Waals surface area (Å²) < 4.78 is 0. The number of hydrogen-bond donors (Lipinski definition) is 2. The van der Waals surface area contributed by atoms with Gasteiger partial charge in [0.1, 0.15) is 0 Å². The number of carbonyl (C=O) groups is 1. The molecule has 0 spiro atoms. The van der Waals surface area contributed by atoms with E-state index in [-0.39, 0.29) is 11.6 Å². The average molecular weight is 223 g/mol. The molecule has 1 aromatic rings. The zero-order valence-electron chi connectivity index (χ0n) is 8.09. The fourth-order valence-electron chi connectivity index (χ4n) is 1.08. The molecule has 0 aliphatic rings. The summed E-state index contributed by atoms with van der Waals surface area (Å²) in [6, 6.07) is 4.93. The van der Waals surface area contributed by atoms with Gasteiger partial charge in [0.2, 0.25) is 0 Å². The zero-order chi connectivity index (χ0) is 11.3. The standard InChI is InChI=1S/C11H11ClN2O/c1-2-3-7-14-11(15)8-5-4-6-9(12)10(8)13/h1,4-6H,3,7,13H2,(H,14,15). The molecule has 0 atom stereocenters. The van der Waals surface area contributed by atoms with Gasteiger partial charge in [0.25, 0.3) is 5.91 Å². The van der Waals surface area contributed by atoms with Crippen LogP contribution >= 0.6 is 11.6 Å². The van der Waals surface area contributed by atoms with Gasteiger partial charge in [-0.2, -0.15) is 0 Å². The van der Waals surface area contributed by atoms with Gasteiger partial charge in [0.15, 0.2) is 0 Å². The minimum atomic E-state index is -0.259. The number of nitrogens with two attached hydrogens (primary N) is 1. The molecule has 0 radical (unpaired) electrons. The summed E-state index contributed by atoms with van der Waals surface area (Å²) in [6.07, 6.45) is 5.55. The first kappa shape index (κ1) is 11.4. The number of rotatable bonds is 3. The van der Waals surface area contributed by atoms with Crippen LogP contribution in [0.25, 0.3) is 0 Å². The van der Waals surface area contributed by atoms with E-state index < -0.39 is 0 Å². The molecule has 0 fully saturated rings. The molecule has 1 amide bonds. The molecular formula is C11H11ClN2O. The molecule has 0 aliphatic carbocycles. The van der Waals surface area contributed by atoms with Crippen molar-refractivity contribution in [2.45, 2.75) is 6.42 Å². The van der Waals surface area contributed by atoms with Crippen molar-refractivity contribution in [1.82, 2.24) is 5.32 Å². The van der Waals surface area contributed by atoms with E-state index in [2.05, 4.69) is 11.2 Å². The third-order valence-electron chi connectivity index (χ3n) is 1.85. The highest BCUT2D eigenvalue weighted by Crippen LogP contribution is 2.21. The summed E-state index contributed by atoms with van der Waals surface area (Å²) in [5.74, 6) is 2.17. The van der Waals surface area contributed by atoms with Crippen molar-refractivity contribution >= 4 is 23.2 Å². The van der Waals surface area contributed by atoms with Crippen molar-refractivity contribution in [2.24, 2.45) is 0 Å². The lowest BCUT2D eigenvalue weighted by molar-refractivity contribution is 0.0955. The molecule has 1 rings (SSSR count). The number of nitrogen functional groups attached to an aromatic ring is 1. The summed E-state index contributed by atoms with van der Waals surface area (Å²) in [5.41, 5.74) is 6.32. The number of para-hydroxylation sites is 1. The SMILES string of the molecule is C#CCCNC(=O)c1cccc(Cl)c1N. The van der Waals surface area contributed by atoms with Crippen molar-refractivity contribution < 1.29 is 4.79 Å². The molecule has 3 nitrogen and oxygen atoms in total. The molecule has 0 saturated heterocycles. The van der Waals surface area contributed by atoms with Crippen LogP contribution in [0.4, 0.5) is 5.69 Å². The van der Waals surface area contributed by atoms with Crippen LogP contribution < -0.4 is 11.1 Å². The number of benzene rings is 1. The minimum absolute atomic E-state index is 0.259. The molecule has 0 aliphatic heterocycles. The first-order chi connectivity index (χ1) is 7.16. The van der Waals surface area contributed by atoms with Gasteiger partial charge in [-0.05, 0) is 12.1 Å². The summed E-state index contributed by atoms with van der Waals surface area (Å²) in [6.45, 7) is 0.432. The summed E-state index contributed by atoms with van der Waals surface area (Å²) >= 11 is 5.78. The van der Waals surface area contributed by atoms with Gasteiger partial charge in [-0.15, -0.1) is 12.3 Å². The second-order valence-corrected chi connectivity index (χ2v) is 3.32. The van der Waals surface area contributed by atoms with Crippen LogP contribution in [-0.4, -0.2) is 12.5 Å². The fourth-order valence-corrected chi connectivity index (χ4v) is 1.25. The Kier molecular flexibility index (Phi) is 4.02. The molecule has 3 N–H and O–H groups in total. The van der Waals surface area contributed by atoms with Crippen molar-refractivity contribution in [3.63, 3.8) is 0 Å².